The van der Waals surface area contributed by atoms with Crippen LogP contribution in [0.25, 0.3) is 0 Å². The lowest BCUT2D eigenvalue weighted by atomic mass is 10.1. The minimum absolute atomic E-state index is 0.177. The summed E-state index contributed by atoms with van der Waals surface area (Å²) in [6.07, 6.45) is 1.75. The normalized spacial score (nSPS) is 10.1. The van der Waals surface area contributed by atoms with Crippen molar-refractivity contribution in [3.63, 3.8) is 0 Å². The van der Waals surface area contributed by atoms with Gasteiger partial charge in [0.1, 0.15) is 5.75 Å². The summed E-state index contributed by atoms with van der Waals surface area (Å²) in [6, 6.07) is 8.79. The van der Waals surface area contributed by atoms with Gasteiger partial charge in [-0.3, -0.25) is 9.78 Å². The summed E-state index contributed by atoms with van der Waals surface area (Å²) in [5, 5.41) is 2.83. The zero-order valence-corrected chi connectivity index (χ0v) is 11.5. The number of carbonyl (C=O) groups excluding carboxylic acids is 1. The highest BCUT2D eigenvalue weighted by Crippen LogP contribution is 2.22. The van der Waals surface area contributed by atoms with E-state index in [1.807, 2.05) is 19.1 Å². The number of nitrogens with two attached hydrogens (primary N) is 1. The molecule has 0 aliphatic rings. The Morgan fingerprint density at radius 3 is 2.80 bits per heavy atom. The van der Waals surface area contributed by atoms with Gasteiger partial charge in [0.25, 0.3) is 5.91 Å². The van der Waals surface area contributed by atoms with E-state index in [0.29, 0.717) is 23.5 Å². The number of ether oxygens (including phenoxy) is 1. The molecule has 20 heavy (non-hydrogen) atoms. The van der Waals surface area contributed by atoms with Gasteiger partial charge < -0.3 is 15.8 Å². The minimum atomic E-state index is -0.177. The average Bonchev–Trinajstić information content (AvgIpc) is 2.47. The molecule has 3 N–H and O–H groups in total. The fourth-order valence-electron chi connectivity index (χ4n) is 1.74. The van der Waals surface area contributed by atoms with Crippen LogP contribution in [-0.2, 0) is 6.54 Å². The van der Waals surface area contributed by atoms with Crippen molar-refractivity contribution in [3.8, 4) is 5.75 Å². The maximum absolute atomic E-state index is 12.0. The summed E-state index contributed by atoms with van der Waals surface area (Å²) in [7, 11) is 1.52. The molecule has 0 spiro atoms. The molecule has 0 atom stereocenters. The second kappa shape index (κ2) is 6.06. The van der Waals surface area contributed by atoms with Gasteiger partial charge in [-0.25, -0.2) is 0 Å². The van der Waals surface area contributed by atoms with E-state index in [1.54, 1.807) is 24.4 Å². The Bertz CT molecular complexity index is 609. The van der Waals surface area contributed by atoms with Crippen LogP contribution in [0.4, 0.5) is 5.69 Å². The summed E-state index contributed by atoms with van der Waals surface area (Å²) in [6.45, 7) is 2.35. The molecular formula is C15H17N3O2. The van der Waals surface area contributed by atoms with Crippen molar-refractivity contribution < 1.29 is 9.53 Å². The van der Waals surface area contributed by atoms with E-state index in [2.05, 4.69) is 10.3 Å². The molecule has 0 radical (unpaired) electrons. The number of pyridine rings is 1. The van der Waals surface area contributed by atoms with Crippen molar-refractivity contribution in [1.29, 1.82) is 0 Å². The van der Waals surface area contributed by atoms with Gasteiger partial charge in [0.2, 0.25) is 0 Å². The summed E-state index contributed by atoms with van der Waals surface area (Å²) < 4.78 is 5.10. The first-order chi connectivity index (χ1) is 9.60. The number of amides is 1. The van der Waals surface area contributed by atoms with Crippen LogP contribution in [0.1, 0.15) is 21.6 Å². The highest BCUT2D eigenvalue weighted by molar-refractivity contribution is 5.95. The molecule has 0 aliphatic carbocycles. The zero-order chi connectivity index (χ0) is 14.5. The monoisotopic (exact) mass is 271 g/mol. The molecule has 5 heteroatoms. The standard InChI is InChI=1S/C15H17N3O2/c1-10-3-4-11(8-17-10)9-18-15(19)12-5-6-13(16)14(7-12)20-2/h3-8H,9,16H2,1-2H3,(H,18,19). The molecule has 2 rings (SSSR count). The van der Waals surface area contributed by atoms with Crippen molar-refractivity contribution in [2.45, 2.75) is 13.5 Å². The lowest BCUT2D eigenvalue weighted by molar-refractivity contribution is 0.0950. The van der Waals surface area contributed by atoms with Gasteiger partial charge >= 0.3 is 0 Å². The van der Waals surface area contributed by atoms with Gasteiger partial charge in [0, 0.05) is 24.0 Å². The molecule has 0 bridgehead atoms. The lowest BCUT2D eigenvalue weighted by Crippen LogP contribution is -2.22. The molecule has 1 heterocycles. The van der Waals surface area contributed by atoms with E-state index in [4.69, 9.17) is 10.5 Å². The summed E-state index contributed by atoms with van der Waals surface area (Å²) in [5.74, 6) is 0.318. The first-order valence-corrected chi connectivity index (χ1v) is 6.23. The van der Waals surface area contributed by atoms with Crippen LogP contribution in [0, 0.1) is 6.92 Å². The number of methoxy groups -OCH3 is 1. The van der Waals surface area contributed by atoms with Gasteiger partial charge in [-0.15, -0.1) is 0 Å². The Labute approximate surface area is 117 Å². The predicted molar refractivity (Wildman–Crippen MR) is 77.6 cm³/mol. The maximum atomic E-state index is 12.0. The van der Waals surface area contributed by atoms with Crippen molar-refractivity contribution in [1.82, 2.24) is 10.3 Å². The van der Waals surface area contributed by atoms with E-state index < -0.39 is 0 Å². The molecule has 1 aromatic heterocycles. The van der Waals surface area contributed by atoms with Crippen molar-refractivity contribution >= 4 is 11.6 Å². The maximum Gasteiger partial charge on any atom is 0.251 e. The Balaban J connectivity index is 2.03. The van der Waals surface area contributed by atoms with Gasteiger partial charge in [-0.1, -0.05) is 6.07 Å². The number of anilines is 1. The predicted octanol–water partition coefficient (Wildman–Crippen LogP) is 1.91. The Kier molecular flexibility index (Phi) is 4.20. The molecule has 0 fully saturated rings. The summed E-state index contributed by atoms with van der Waals surface area (Å²) >= 11 is 0. The van der Waals surface area contributed by atoms with Gasteiger partial charge in [0.05, 0.1) is 12.8 Å². The topological polar surface area (TPSA) is 77.2 Å². The van der Waals surface area contributed by atoms with Crippen LogP contribution in [-0.4, -0.2) is 18.0 Å². The van der Waals surface area contributed by atoms with Crippen LogP contribution in [0.5, 0.6) is 5.75 Å². The third kappa shape index (κ3) is 3.26. The number of nitrogens with one attached hydrogen (secondary N) is 1. The lowest BCUT2D eigenvalue weighted by Gasteiger charge is -2.08. The minimum Gasteiger partial charge on any atom is -0.495 e. The van der Waals surface area contributed by atoms with Crippen molar-refractivity contribution in [2.24, 2.45) is 0 Å². The Morgan fingerprint density at radius 1 is 1.35 bits per heavy atom. The number of aryl methyl sites for hydroxylation is 1. The van der Waals surface area contributed by atoms with Gasteiger partial charge in [-0.05, 0) is 36.8 Å². The fourth-order valence-corrected chi connectivity index (χ4v) is 1.74. The smallest absolute Gasteiger partial charge is 0.251 e. The average molecular weight is 271 g/mol. The molecule has 5 nitrogen and oxygen atoms in total. The Hall–Kier alpha value is -2.56. The van der Waals surface area contributed by atoms with E-state index in [-0.39, 0.29) is 5.91 Å². The summed E-state index contributed by atoms with van der Waals surface area (Å²) in [5.41, 5.74) is 8.63. The number of nitrogen functional groups attached to an aromatic ring is 1. The number of benzene rings is 1. The third-order valence-corrected chi connectivity index (χ3v) is 2.92. The number of aromatic nitrogens is 1. The van der Waals surface area contributed by atoms with E-state index in [0.717, 1.165) is 11.3 Å². The van der Waals surface area contributed by atoms with Crippen LogP contribution in [0.2, 0.25) is 0 Å². The number of rotatable bonds is 4. The first kappa shape index (κ1) is 13.9. The third-order valence-electron chi connectivity index (χ3n) is 2.92. The highest BCUT2D eigenvalue weighted by Gasteiger charge is 2.08. The molecule has 1 amide bonds. The number of hydrogen-bond acceptors (Lipinski definition) is 4. The first-order valence-electron chi connectivity index (χ1n) is 6.23. The van der Waals surface area contributed by atoms with Crippen molar-refractivity contribution in [3.05, 3.63) is 53.3 Å². The molecule has 0 aliphatic heterocycles. The molecule has 1 aromatic carbocycles. The molecule has 104 valence electrons. The zero-order valence-electron chi connectivity index (χ0n) is 11.5. The van der Waals surface area contributed by atoms with Gasteiger partial charge in [-0.2, -0.15) is 0 Å². The quantitative estimate of drug-likeness (QED) is 0.833. The highest BCUT2D eigenvalue weighted by atomic mass is 16.5. The SMILES string of the molecule is COc1cc(C(=O)NCc2ccc(C)nc2)ccc1N. The van der Waals surface area contributed by atoms with E-state index >= 15 is 0 Å². The molecular weight excluding hydrogens is 254 g/mol. The number of nitrogens with zero attached hydrogens (tertiary/aromatic N) is 1. The number of hydrogen-bond donors (Lipinski definition) is 2. The molecule has 2 aromatic rings. The molecule has 0 saturated heterocycles. The van der Waals surface area contributed by atoms with Crippen LogP contribution in [0.15, 0.2) is 36.5 Å². The second-order valence-corrected chi connectivity index (χ2v) is 4.45. The van der Waals surface area contributed by atoms with Gasteiger partial charge in [0.15, 0.2) is 0 Å². The second-order valence-electron chi connectivity index (χ2n) is 4.45. The van der Waals surface area contributed by atoms with Crippen molar-refractivity contribution in [2.75, 3.05) is 12.8 Å². The molecule has 0 saturated carbocycles. The Morgan fingerprint density at radius 2 is 2.15 bits per heavy atom. The van der Waals surface area contributed by atoms with E-state index in [9.17, 15) is 4.79 Å². The number of carbonyl (C=O) groups is 1. The van der Waals surface area contributed by atoms with Crippen LogP contribution < -0.4 is 15.8 Å². The fraction of sp³-hybridized carbons (Fsp3) is 0.200. The van der Waals surface area contributed by atoms with E-state index in [1.165, 1.54) is 7.11 Å². The summed E-state index contributed by atoms with van der Waals surface area (Å²) in [4.78, 5) is 16.2. The van der Waals surface area contributed by atoms with Crippen LogP contribution >= 0.6 is 0 Å². The van der Waals surface area contributed by atoms with Crippen LogP contribution in [0.3, 0.4) is 0 Å². The largest absolute Gasteiger partial charge is 0.495 e. The molecule has 0 unspecified atom stereocenters.